The lowest BCUT2D eigenvalue weighted by atomic mass is 10.0. The van der Waals surface area contributed by atoms with Crippen molar-refractivity contribution in [1.29, 1.82) is 0 Å². The Morgan fingerprint density at radius 2 is 1.72 bits per heavy atom. The van der Waals surface area contributed by atoms with E-state index in [-0.39, 0.29) is 13.2 Å². The van der Waals surface area contributed by atoms with Crippen LogP contribution in [0.25, 0.3) is 20.8 Å². The largest absolute Gasteiger partial charge is 0.490 e. The lowest BCUT2D eigenvalue weighted by Crippen LogP contribution is -2.10. The molecule has 0 bridgehead atoms. The van der Waals surface area contributed by atoms with E-state index < -0.39 is 5.97 Å². The van der Waals surface area contributed by atoms with Gasteiger partial charge in [0.1, 0.15) is 18.1 Å². The molecule has 3 rings (SSSR count). The predicted molar refractivity (Wildman–Crippen MR) is 110 cm³/mol. The fraction of sp³-hybridized carbons (Fsp3) is 0.174. The minimum Gasteiger partial charge on any atom is -0.490 e. The topological polar surface area (TPSA) is 49.2 Å². The Hall–Kier alpha value is -4.03. The van der Waals surface area contributed by atoms with Crippen LogP contribution in [-0.2, 0) is 18.4 Å². The van der Waals surface area contributed by atoms with Gasteiger partial charge in [-0.15, -0.1) is 0 Å². The lowest BCUT2D eigenvalue weighted by Gasteiger charge is -2.10. The number of hydrogen-bond acceptors (Lipinski definition) is 3. The van der Waals surface area contributed by atoms with Gasteiger partial charge in [0.15, 0.2) is 5.69 Å². The molecule has 0 fully saturated rings. The van der Waals surface area contributed by atoms with Gasteiger partial charge < -0.3 is 14.0 Å². The van der Waals surface area contributed by atoms with Crippen molar-refractivity contribution < 1.29 is 14.3 Å². The molecule has 0 spiro atoms. The van der Waals surface area contributed by atoms with Gasteiger partial charge in [-0.3, -0.25) is 0 Å². The fourth-order valence-electron chi connectivity index (χ4n) is 3.05. The molecule has 0 aliphatic carbocycles. The molecule has 0 saturated heterocycles. The Morgan fingerprint density at radius 3 is 2.38 bits per heavy atom. The van der Waals surface area contributed by atoms with Crippen LogP contribution >= 0.6 is 0 Å². The summed E-state index contributed by atoms with van der Waals surface area (Å²) in [5, 5.41) is 0. The molecule has 0 amide bonds. The van der Waals surface area contributed by atoms with Gasteiger partial charge in [-0.25, -0.2) is 14.5 Å². The van der Waals surface area contributed by atoms with Crippen molar-refractivity contribution in [2.24, 2.45) is 7.05 Å². The third kappa shape index (κ3) is 4.12. The van der Waals surface area contributed by atoms with E-state index in [1.165, 1.54) is 0 Å². The number of nitrogens with zero attached hydrogens (tertiary/aromatic N) is 3. The van der Waals surface area contributed by atoms with Gasteiger partial charge in [0.05, 0.1) is 19.8 Å². The van der Waals surface area contributed by atoms with Crippen molar-refractivity contribution in [1.82, 2.24) is 4.57 Å². The third-order valence-corrected chi connectivity index (χ3v) is 4.40. The summed E-state index contributed by atoms with van der Waals surface area (Å²) in [6.45, 7) is 16.9. The van der Waals surface area contributed by atoms with Gasteiger partial charge in [0, 0.05) is 18.8 Å². The minimum absolute atomic E-state index is 0.260. The van der Waals surface area contributed by atoms with Crippen molar-refractivity contribution >= 4 is 17.3 Å². The summed E-state index contributed by atoms with van der Waals surface area (Å²) >= 11 is 0. The first kappa shape index (κ1) is 19.7. The van der Waals surface area contributed by atoms with Crippen LogP contribution in [0.4, 0.5) is 11.4 Å². The average molecular weight is 385 g/mol. The number of benzene rings is 2. The summed E-state index contributed by atoms with van der Waals surface area (Å²) in [4.78, 5) is 19.4. The zero-order valence-corrected chi connectivity index (χ0v) is 16.2. The molecule has 0 N–H and O–H groups in total. The smallest absolute Gasteiger partial charge is 0.354 e. The Labute approximate surface area is 169 Å². The molecule has 6 nitrogen and oxygen atoms in total. The zero-order chi connectivity index (χ0) is 20.8. The summed E-state index contributed by atoms with van der Waals surface area (Å²) in [7, 11) is 1.72. The minimum atomic E-state index is -0.462. The van der Waals surface area contributed by atoms with E-state index in [1.807, 2.05) is 30.3 Å². The highest BCUT2D eigenvalue weighted by Crippen LogP contribution is 2.36. The molecule has 0 saturated carbocycles. The van der Waals surface area contributed by atoms with Crippen molar-refractivity contribution in [3.63, 3.8) is 0 Å². The van der Waals surface area contributed by atoms with E-state index in [2.05, 4.69) is 9.69 Å². The first-order valence-electron chi connectivity index (χ1n) is 9.01. The highest BCUT2D eigenvalue weighted by Gasteiger charge is 2.22. The Morgan fingerprint density at radius 1 is 1.03 bits per heavy atom. The van der Waals surface area contributed by atoms with Gasteiger partial charge >= 0.3 is 5.97 Å². The number of carbonyl (C=O) groups excluding carboxylic acids is 1. The maximum Gasteiger partial charge on any atom is 0.354 e. The normalized spacial score (nSPS) is 10.1. The second kappa shape index (κ2) is 8.77. The first-order valence-corrected chi connectivity index (χ1v) is 9.01. The van der Waals surface area contributed by atoms with E-state index in [1.54, 1.807) is 42.9 Å². The Balaban J connectivity index is 1.86. The molecule has 6 heteroatoms. The summed E-state index contributed by atoms with van der Waals surface area (Å²) < 4.78 is 12.6. The molecule has 2 aromatic carbocycles. The summed E-state index contributed by atoms with van der Waals surface area (Å²) in [5.41, 5.74) is 3.39. The quantitative estimate of drug-likeness (QED) is 0.413. The molecular weight excluding hydrogens is 366 g/mol. The first-order chi connectivity index (χ1) is 14.1. The Bertz CT molecular complexity index is 1120. The molecule has 1 aromatic heterocycles. The number of rotatable bonds is 6. The maximum atomic E-state index is 12.4. The predicted octanol–water partition coefficient (Wildman–Crippen LogP) is 5.55. The summed E-state index contributed by atoms with van der Waals surface area (Å²) in [6, 6.07) is 14.5. The van der Waals surface area contributed by atoms with Crippen LogP contribution < -0.4 is 4.74 Å². The number of carbonyl (C=O) groups is 1. The van der Waals surface area contributed by atoms with Crippen LogP contribution in [0.2, 0.25) is 0 Å². The standard InChI is InChI=1S/C23H19N3O3/c1-5-28-23(27)22-21(20(25-3)14-26(22)4)16-10-12-18(13-11-16)29-15-17-8-6-7-9-19(17)24-2/h6-14H,5,15H2,1,4H3. The fourth-order valence-corrected chi connectivity index (χ4v) is 3.05. The molecule has 0 radical (unpaired) electrons. The van der Waals surface area contributed by atoms with Crippen LogP contribution in [0.15, 0.2) is 54.7 Å². The van der Waals surface area contributed by atoms with Crippen LogP contribution in [0.3, 0.4) is 0 Å². The number of hydrogen-bond donors (Lipinski definition) is 0. The van der Waals surface area contributed by atoms with Crippen LogP contribution in [0.5, 0.6) is 5.75 Å². The molecule has 0 unspecified atom stereocenters. The molecule has 144 valence electrons. The molecule has 0 atom stereocenters. The van der Waals surface area contributed by atoms with E-state index in [4.69, 9.17) is 22.6 Å². The van der Waals surface area contributed by atoms with Gasteiger partial charge in [0.2, 0.25) is 5.69 Å². The average Bonchev–Trinajstić information content (AvgIpc) is 3.09. The Kier molecular flexibility index (Phi) is 5.97. The van der Waals surface area contributed by atoms with Crippen molar-refractivity contribution in [2.45, 2.75) is 13.5 Å². The zero-order valence-electron chi connectivity index (χ0n) is 16.2. The number of esters is 1. The van der Waals surface area contributed by atoms with Crippen molar-refractivity contribution in [3.8, 4) is 16.9 Å². The van der Waals surface area contributed by atoms with E-state index in [0.29, 0.717) is 28.4 Å². The lowest BCUT2D eigenvalue weighted by molar-refractivity contribution is 0.0516. The molecule has 0 aliphatic heterocycles. The number of para-hydroxylation sites is 1. The number of aryl methyl sites for hydroxylation is 1. The number of aromatic nitrogens is 1. The van der Waals surface area contributed by atoms with Gasteiger partial charge in [-0.05, 0) is 30.2 Å². The second-order valence-electron chi connectivity index (χ2n) is 6.23. The monoisotopic (exact) mass is 385 g/mol. The summed E-state index contributed by atoms with van der Waals surface area (Å²) in [5.74, 6) is 0.169. The van der Waals surface area contributed by atoms with Crippen molar-refractivity contribution in [2.75, 3.05) is 6.61 Å². The van der Waals surface area contributed by atoms with Crippen LogP contribution in [0, 0.1) is 13.1 Å². The van der Waals surface area contributed by atoms with E-state index >= 15 is 0 Å². The maximum absolute atomic E-state index is 12.4. The molecule has 3 aromatic rings. The van der Waals surface area contributed by atoms with Crippen molar-refractivity contribution in [3.05, 3.63) is 88.8 Å². The molecule has 29 heavy (non-hydrogen) atoms. The van der Waals surface area contributed by atoms with E-state index in [0.717, 1.165) is 11.1 Å². The van der Waals surface area contributed by atoms with Crippen LogP contribution in [-0.4, -0.2) is 17.1 Å². The highest BCUT2D eigenvalue weighted by atomic mass is 16.5. The second-order valence-corrected chi connectivity index (χ2v) is 6.23. The number of ether oxygens (including phenoxy) is 2. The highest BCUT2D eigenvalue weighted by molar-refractivity contribution is 6.00. The molecular formula is C23H19N3O3. The van der Waals surface area contributed by atoms with Gasteiger partial charge in [-0.1, -0.05) is 36.4 Å². The third-order valence-electron chi connectivity index (χ3n) is 4.40. The van der Waals surface area contributed by atoms with Crippen LogP contribution in [0.1, 0.15) is 23.0 Å². The van der Waals surface area contributed by atoms with E-state index in [9.17, 15) is 4.79 Å². The van der Waals surface area contributed by atoms with Gasteiger partial charge in [-0.2, -0.15) is 0 Å². The molecule has 1 heterocycles. The summed E-state index contributed by atoms with van der Waals surface area (Å²) in [6.07, 6.45) is 1.63. The van der Waals surface area contributed by atoms with Gasteiger partial charge in [0.25, 0.3) is 0 Å². The SMILES string of the molecule is [C-]#[N+]c1ccccc1COc1ccc(-c2c([N+]#[C-])cn(C)c2C(=O)OCC)cc1. The molecule has 0 aliphatic rings.